The van der Waals surface area contributed by atoms with Crippen LogP contribution < -0.4 is 5.32 Å². The Labute approximate surface area is 75.1 Å². The molecule has 0 aromatic carbocycles. The average Bonchev–Trinajstić information content (AvgIpc) is 2.00. The summed E-state index contributed by atoms with van der Waals surface area (Å²) in [7, 11) is 3.64. The van der Waals surface area contributed by atoms with Crippen LogP contribution in [0.4, 0.5) is 0 Å². The number of hydrogen-bond acceptors (Lipinski definition) is 2. The minimum absolute atomic E-state index is 0.165. The molecule has 0 fully saturated rings. The highest BCUT2D eigenvalue weighted by molar-refractivity contribution is 5.77. The Morgan fingerprint density at radius 1 is 1.50 bits per heavy atom. The van der Waals surface area contributed by atoms with Crippen molar-refractivity contribution in [2.75, 3.05) is 27.2 Å². The van der Waals surface area contributed by atoms with Crippen molar-refractivity contribution in [3.05, 3.63) is 0 Å². The molecular weight excluding hydrogens is 152 g/mol. The summed E-state index contributed by atoms with van der Waals surface area (Å²) in [4.78, 5) is 13.0. The maximum absolute atomic E-state index is 11.2. The van der Waals surface area contributed by atoms with Crippen LogP contribution in [-0.4, -0.2) is 38.0 Å². The van der Waals surface area contributed by atoms with Gasteiger partial charge < -0.3 is 10.2 Å². The third kappa shape index (κ3) is 5.13. The zero-order valence-corrected chi connectivity index (χ0v) is 8.55. The fourth-order valence-corrected chi connectivity index (χ4v) is 0.863. The summed E-state index contributed by atoms with van der Waals surface area (Å²) < 4.78 is 0. The van der Waals surface area contributed by atoms with Gasteiger partial charge in [0.1, 0.15) is 0 Å². The molecule has 0 aliphatic heterocycles. The standard InChI is InChI=1S/C9H20N2O/c1-8(2)5-6-11(4)9(12)7-10-3/h8,10H,5-7H2,1-4H3. The van der Waals surface area contributed by atoms with Crippen molar-refractivity contribution in [3.8, 4) is 0 Å². The van der Waals surface area contributed by atoms with Gasteiger partial charge in [0, 0.05) is 13.6 Å². The molecule has 0 saturated carbocycles. The summed E-state index contributed by atoms with van der Waals surface area (Å²) in [5, 5.41) is 2.84. The third-order valence-corrected chi connectivity index (χ3v) is 1.80. The van der Waals surface area contributed by atoms with E-state index in [1.165, 1.54) is 0 Å². The van der Waals surface area contributed by atoms with Crippen LogP contribution in [0.15, 0.2) is 0 Å². The van der Waals surface area contributed by atoms with Gasteiger partial charge in [-0.2, -0.15) is 0 Å². The molecule has 0 aromatic rings. The number of carbonyl (C=O) groups is 1. The fourth-order valence-electron chi connectivity index (χ4n) is 0.863. The number of nitrogens with one attached hydrogen (secondary N) is 1. The van der Waals surface area contributed by atoms with Crippen LogP contribution in [0.5, 0.6) is 0 Å². The van der Waals surface area contributed by atoms with E-state index in [0.717, 1.165) is 13.0 Å². The van der Waals surface area contributed by atoms with Gasteiger partial charge in [-0.15, -0.1) is 0 Å². The molecule has 0 rings (SSSR count). The molecule has 0 saturated heterocycles. The van der Waals surface area contributed by atoms with Gasteiger partial charge in [0.25, 0.3) is 0 Å². The molecule has 0 radical (unpaired) electrons. The second kappa shape index (κ2) is 6.00. The van der Waals surface area contributed by atoms with Crippen molar-refractivity contribution in [1.82, 2.24) is 10.2 Å². The monoisotopic (exact) mass is 172 g/mol. The molecular formula is C9H20N2O. The van der Waals surface area contributed by atoms with Gasteiger partial charge in [0.2, 0.25) is 5.91 Å². The number of carbonyl (C=O) groups excluding carboxylic acids is 1. The van der Waals surface area contributed by atoms with Crippen LogP contribution in [0.25, 0.3) is 0 Å². The molecule has 72 valence electrons. The molecule has 1 amide bonds. The van der Waals surface area contributed by atoms with Crippen molar-refractivity contribution >= 4 is 5.91 Å². The predicted molar refractivity (Wildman–Crippen MR) is 51.0 cm³/mol. The zero-order chi connectivity index (χ0) is 9.56. The highest BCUT2D eigenvalue weighted by Crippen LogP contribution is 2.00. The van der Waals surface area contributed by atoms with Crippen LogP contribution >= 0.6 is 0 Å². The molecule has 3 nitrogen and oxygen atoms in total. The van der Waals surface area contributed by atoms with E-state index in [9.17, 15) is 4.79 Å². The van der Waals surface area contributed by atoms with Gasteiger partial charge in [-0.1, -0.05) is 13.8 Å². The number of nitrogens with zero attached hydrogens (tertiary/aromatic N) is 1. The van der Waals surface area contributed by atoms with Crippen LogP contribution in [0, 0.1) is 5.92 Å². The van der Waals surface area contributed by atoms with E-state index < -0.39 is 0 Å². The predicted octanol–water partition coefficient (Wildman–Crippen LogP) is 0.710. The molecule has 0 aromatic heterocycles. The van der Waals surface area contributed by atoms with Gasteiger partial charge in [-0.05, 0) is 19.4 Å². The summed E-state index contributed by atoms with van der Waals surface area (Å²) in [5.41, 5.74) is 0. The molecule has 0 atom stereocenters. The Bertz CT molecular complexity index is 134. The van der Waals surface area contributed by atoms with E-state index in [1.807, 2.05) is 7.05 Å². The van der Waals surface area contributed by atoms with Gasteiger partial charge in [-0.25, -0.2) is 0 Å². The van der Waals surface area contributed by atoms with Crippen LogP contribution in [0.3, 0.4) is 0 Å². The van der Waals surface area contributed by atoms with E-state index >= 15 is 0 Å². The van der Waals surface area contributed by atoms with Crippen molar-refractivity contribution in [2.24, 2.45) is 5.92 Å². The first-order valence-corrected chi connectivity index (χ1v) is 4.46. The van der Waals surface area contributed by atoms with Gasteiger partial charge >= 0.3 is 0 Å². The largest absolute Gasteiger partial charge is 0.345 e. The Kier molecular flexibility index (Phi) is 5.72. The van der Waals surface area contributed by atoms with E-state index in [0.29, 0.717) is 12.5 Å². The lowest BCUT2D eigenvalue weighted by Gasteiger charge is -2.17. The van der Waals surface area contributed by atoms with Crippen molar-refractivity contribution in [1.29, 1.82) is 0 Å². The van der Waals surface area contributed by atoms with Crippen LogP contribution in [-0.2, 0) is 4.79 Å². The van der Waals surface area contributed by atoms with Crippen LogP contribution in [0.2, 0.25) is 0 Å². The molecule has 0 aliphatic rings. The molecule has 0 aliphatic carbocycles. The van der Waals surface area contributed by atoms with E-state index in [1.54, 1.807) is 11.9 Å². The lowest BCUT2D eigenvalue weighted by atomic mass is 10.1. The smallest absolute Gasteiger partial charge is 0.236 e. The SMILES string of the molecule is CNCC(=O)N(C)CCC(C)C. The topological polar surface area (TPSA) is 32.3 Å². The summed E-state index contributed by atoms with van der Waals surface area (Å²) >= 11 is 0. The van der Waals surface area contributed by atoms with Crippen molar-refractivity contribution in [3.63, 3.8) is 0 Å². The first-order chi connectivity index (χ1) is 5.57. The number of rotatable bonds is 5. The van der Waals surface area contributed by atoms with E-state index in [-0.39, 0.29) is 5.91 Å². The molecule has 0 heterocycles. The maximum atomic E-state index is 11.2. The lowest BCUT2D eigenvalue weighted by Crippen LogP contribution is -2.35. The summed E-state index contributed by atoms with van der Waals surface area (Å²) in [6.07, 6.45) is 1.08. The van der Waals surface area contributed by atoms with Crippen molar-refractivity contribution in [2.45, 2.75) is 20.3 Å². The van der Waals surface area contributed by atoms with Gasteiger partial charge in [0.15, 0.2) is 0 Å². The molecule has 0 spiro atoms. The number of amides is 1. The first-order valence-electron chi connectivity index (χ1n) is 4.46. The normalized spacial score (nSPS) is 10.4. The van der Waals surface area contributed by atoms with E-state index in [2.05, 4.69) is 19.2 Å². The number of likely N-dealkylation sites (N-methyl/N-ethyl adjacent to an activating group) is 2. The summed E-state index contributed by atoms with van der Waals surface area (Å²) in [6.45, 7) is 5.62. The molecule has 0 unspecified atom stereocenters. The fraction of sp³-hybridized carbons (Fsp3) is 0.889. The Morgan fingerprint density at radius 2 is 2.08 bits per heavy atom. The van der Waals surface area contributed by atoms with E-state index in [4.69, 9.17) is 0 Å². The molecule has 12 heavy (non-hydrogen) atoms. The molecule has 0 bridgehead atoms. The maximum Gasteiger partial charge on any atom is 0.236 e. The summed E-state index contributed by atoms with van der Waals surface area (Å²) in [6, 6.07) is 0. The van der Waals surface area contributed by atoms with Gasteiger partial charge in [-0.3, -0.25) is 4.79 Å². The minimum atomic E-state index is 0.165. The Morgan fingerprint density at radius 3 is 2.50 bits per heavy atom. The van der Waals surface area contributed by atoms with Gasteiger partial charge in [0.05, 0.1) is 6.54 Å². The minimum Gasteiger partial charge on any atom is -0.345 e. The second-order valence-electron chi connectivity index (χ2n) is 3.53. The first kappa shape index (κ1) is 11.4. The number of hydrogen-bond donors (Lipinski definition) is 1. The highest BCUT2D eigenvalue weighted by Gasteiger charge is 2.06. The Balaban J connectivity index is 3.56. The quantitative estimate of drug-likeness (QED) is 0.662. The Hall–Kier alpha value is -0.570. The molecule has 1 N–H and O–H groups in total. The zero-order valence-electron chi connectivity index (χ0n) is 8.55. The molecule has 3 heteroatoms. The second-order valence-corrected chi connectivity index (χ2v) is 3.53. The average molecular weight is 172 g/mol. The lowest BCUT2D eigenvalue weighted by molar-refractivity contribution is -0.128. The third-order valence-electron chi connectivity index (χ3n) is 1.80. The van der Waals surface area contributed by atoms with Crippen molar-refractivity contribution < 1.29 is 4.79 Å². The van der Waals surface area contributed by atoms with Crippen LogP contribution in [0.1, 0.15) is 20.3 Å². The summed E-state index contributed by atoms with van der Waals surface area (Å²) in [5.74, 6) is 0.827. The highest BCUT2D eigenvalue weighted by atomic mass is 16.2.